The molecule has 1 aromatic heterocycles. The van der Waals surface area contributed by atoms with Gasteiger partial charge in [-0.2, -0.15) is 0 Å². The van der Waals surface area contributed by atoms with Crippen LogP contribution in [0.3, 0.4) is 0 Å². The van der Waals surface area contributed by atoms with E-state index in [0.29, 0.717) is 18.7 Å². The Labute approximate surface area is 96.0 Å². The molecule has 0 aliphatic heterocycles. The molecule has 0 saturated heterocycles. The molecule has 0 aliphatic rings. The monoisotopic (exact) mass is 240 g/mol. The van der Waals surface area contributed by atoms with Crippen LogP contribution >= 0.6 is 11.3 Å². The van der Waals surface area contributed by atoms with Gasteiger partial charge in [-0.3, -0.25) is 4.98 Å². The molecule has 1 N–H and O–H groups in total. The number of hydrogen-bond donors (Lipinski definition) is 1. The molecule has 0 radical (unpaired) electrons. The highest BCUT2D eigenvalue weighted by Gasteiger charge is 2.03. The Hall–Kier alpha value is -1.33. The van der Waals surface area contributed by atoms with Gasteiger partial charge in [-0.1, -0.05) is 0 Å². The summed E-state index contributed by atoms with van der Waals surface area (Å²) in [4.78, 5) is 4.99. The van der Waals surface area contributed by atoms with Crippen LogP contribution in [-0.4, -0.2) is 4.98 Å². The van der Waals surface area contributed by atoms with Crippen molar-refractivity contribution >= 4 is 11.3 Å². The predicted molar refractivity (Wildman–Crippen MR) is 59.0 cm³/mol. The molecule has 1 aromatic carbocycles. The number of thiazole rings is 1. The van der Waals surface area contributed by atoms with Crippen LogP contribution < -0.4 is 5.32 Å². The van der Waals surface area contributed by atoms with E-state index in [1.807, 2.05) is 0 Å². The molecule has 2 rings (SSSR count). The zero-order chi connectivity index (χ0) is 11.4. The van der Waals surface area contributed by atoms with Crippen LogP contribution in [0.2, 0.25) is 0 Å². The highest BCUT2D eigenvalue weighted by atomic mass is 32.1. The summed E-state index contributed by atoms with van der Waals surface area (Å²) >= 11 is 1.52. The number of nitrogens with zero attached hydrogens (tertiary/aromatic N) is 1. The van der Waals surface area contributed by atoms with E-state index in [9.17, 15) is 8.78 Å². The van der Waals surface area contributed by atoms with Gasteiger partial charge in [-0.15, -0.1) is 11.3 Å². The molecule has 2 aromatic rings. The third kappa shape index (κ3) is 2.84. The van der Waals surface area contributed by atoms with Gasteiger partial charge in [0, 0.05) is 29.7 Å². The maximum Gasteiger partial charge on any atom is 0.127 e. The van der Waals surface area contributed by atoms with Crippen LogP contribution in [-0.2, 0) is 13.1 Å². The lowest BCUT2D eigenvalue weighted by molar-refractivity contribution is 0.569. The van der Waals surface area contributed by atoms with Crippen molar-refractivity contribution in [2.24, 2.45) is 0 Å². The molecule has 84 valence electrons. The lowest BCUT2D eigenvalue weighted by atomic mass is 10.2. The smallest absolute Gasteiger partial charge is 0.127 e. The number of benzene rings is 1. The second kappa shape index (κ2) is 5.14. The molecule has 2 nitrogen and oxygen atoms in total. The minimum Gasteiger partial charge on any atom is -0.308 e. The summed E-state index contributed by atoms with van der Waals surface area (Å²) in [5.41, 5.74) is 2.07. The molecular formula is C11H10F2N2S. The van der Waals surface area contributed by atoms with E-state index in [1.165, 1.54) is 17.4 Å². The van der Waals surface area contributed by atoms with Gasteiger partial charge in [0.2, 0.25) is 0 Å². The fourth-order valence-corrected chi connectivity index (χ4v) is 1.89. The number of rotatable bonds is 4. The topological polar surface area (TPSA) is 24.9 Å². The van der Waals surface area contributed by atoms with Gasteiger partial charge in [-0.25, -0.2) is 8.78 Å². The van der Waals surface area contributed by atoms with Gasteiger partial charge in [0.25, 0.3) is 0 Å². The maximum atomic E-state index is 13.2. The van der Waals surface area contributed by atoms with Crippen LogP contribution in [0.1, 0.15) is 10.4 Å². The van der Waals surface area contributed by atoms with Crippen LogP contribution in [0.5, 0.6) is 0 Å². The molecule has 0 atom stereocenters. The highest BCUT2D eigenvalue weighted by molar-refractivity contribution is 7.09. The minimum atomic E-state index is -0.420. The molecule has 0 unspecified atom stereocenters. The van der Waals surface area contributed by atoms with E-state index in [2.05, 4.69) is 10.3 Å². The van der Waals surface area contributed by atoms with Crippen molar-refractivity contribution in [3.63, 3.8) is 0 Å². The van der Waals surface area contributed by atoms with Crippen LogP contribution in [0.25, 0.3) is 0 Å². The highest BCUT2D eigenvalue weighted by Crippen LogP contribution is 2.10. The summed E-state index contributed by atoms with van der Waals surface area (Å²) in [5.74, 6) is -0.811. The number of halogens is 2. The van der Waals surface area contributed by atoms with Gasteiger partial charge >= 0.3 is 0 Å². The Morgan fingerprint density at radius 2 is 2.12 bits per heavy atom. The van der Waals surface area contributed by atoms with Crippen molar-refractivity contribution in [2.75, 3.05) is 0 Å². The average molecular weight is 240 g/mol. The van der Waals surface area contributed by atoms with Crippen LogP contribution in [0, 0.1) is 11.6 Å². The van der Waals surface area contributed by atoms with E-state index in [-0.39, 0.29) is 0 Å². The quantitative estimate of drug-likeness (QED) is 0.888. The summed E-state index contributed by atoms with van der Waals surface area (Å²) in [5, 5.41) is 3.04. The minimum absolute atomic E-state index is 0.307. The summed E-state index contributed by atoms with van der Waals surface area (Å²) < 4.78 is 26.1. The third-order valence-electron chi connectivity index (χ3n) is 2.11. The van der Waals surface area contributed by atoms with E-state index in [0.717, 1.165) is 17.0 Å². The lowest BCUT2D eigenvalue weighted by Gasteiger charge is -2.04. The molecule has 5 heteroatoms. The first-order valence-electron chi connectivity index (χ1n) is 4.78. The molecule has 0 bridgehead atoms. The molecule has 0 saturated carbocycles. The molecule has 16 heavy (non-hydrogen) atoms. The summed E-state index contributed by atoms with van der Waals surface area (Å²) in [6, 6.07) is 3.45. The largest absolute Gasteiger partial charge is 0.308 e. The summed E-state index contributed by atoms with van der Waals surface area (Å²) in [7, 11) is 0. The number of aromatic nitrogens is 1. The number of hydrogen-bond acceptors (Lipinski definition) is 3. The van der Waals surface area contributed by atoms with Gasteiger partial charge in [-0.05, 0) is 18.2 Å². The normalized spacial score (nSPS) is 10.6. The van der Waals surface area contributed by atoms with Gasteiger partial charge in [0.15, 0.2) is 0 Å². The van der Waals surface area contributed by atoms with Gasteiger partial charge in [0.05, 0.1) is 5.51 Å². The SMILES string of the molecule is Fc1ccc(F)c(CNCc2cncs2)c1. The van der Waals surface area contributed by atoms with Gasteiger partial charge < -0.3 is 5.32 Å². The molecule has 0 spiro atoms. The van der Waals surface area contributed by atoms with Crippen LogP contribution in [0.15, 0.2) is 29.9 Å². The first-order valence-corrected chi connectivity index (χ1v) is 5.65. The maximum absolute atomic E-state index is 13.2. The second-order valence-corrected chi connectivity index (χ2v) is 4.28. The molecule has 0 amide bonds. The van der Waals surface area contributed by atoms with Crippen molar-refractivity contribution in [3.8, 4) is 0 Å². The van der Waals surface area contributed by atoms with Crippen molar-refractivity contribution in [3.05, 3.63) is 52.0 Å². The molecule has 0 fully saturated rings. The van der Waals surface area contributed by atoms with E-state index < -0.39 is 11.6 Å². The average Bonchev–Trinajstić information content (AvgIpc) is 2.76. The standard InChI is InChI=1S/C11H10F2N2S/c12-9-1-2-11(13)8(3-9)4-14-5-10-6-15-7-16-10/h1-3,6-7,14H,4-5H2. The van der Waals surface area contributed by atoms with Crippen molar-refractivity contribution in [2.45, 2.75) is 13.1 Å². The first-order chi connectivity index (χ1) is 7.75. The Balaban J connectivity index is 1.92. The Morgan fingerprint density at radius 3 is 2.88 bits per heavy atom. The zero-order valence-corrected chi connectivity index (χ0v) is 9.23. The fourth-order valence-electron chi connectivity index (χ4n) is 1.33. The van der Waals surface area contributed by atoms with E-state index >= 15 is 0 Å². The predicted octanol–water partition coefficient (Wildman–Crippen LogP) is 2.71. The fraction of sp³-hybridized carbons (Fsp3) is 0.182. The van der Waals surface area contributed by atoms with Crippen molar-refractivity contribution in [1.29, 1.82) is 0 Å². The van der Waals surface area contributed by atoms with E-state index in [1.54, 1.807) is 11.7 Å². The summed E-state index contributed by atoms with van der Waals surface area (Å²) in [6.45, 7) is 0.919. The van der Waals surface area contributed by atoms with Gasteiger partial charge in [0.1, 0.15) is 11.6 Å². The van der Waals surface area contributed by atoms with E-state index in [4.69, 9.17) is 0 Å². The molecule has 1 heterocycles. The Bertz CT molecular complexity index is 457. The van der Waals surface area contributed by atoms with Crippen LogP contribution in [0.4, 0.5) is 8.78 Å². The molecular weight excluding hydrogens is 230 g/mol. The zero-order valence-electron chi connectivity index (χ0n) is 8.41. The number of nitrogens with one attached hydrogen (secondary N) is 1. The summed E-state index contributed by atoms with van der Waals surface area (Å²) in [6.07, 6.45) is 1.75. The Kier molecular flexibility index (Phi) is 3.58. The van der Waals surface area contributed by atoms with Crippen molar-refractivity contribution < 1.29 is 8.78 Å². The molecule has 0 aliphatic carbocycles. The first kappa shape index (κ1) is 11.2. The van der Waals surface area contributed by atoms with Crippen molar-refractivity contribution in [1.82, 2.24) is 10.3 Å². The third-order valence-corrected chi connectivity index (χ3v) is 2.89. The Morgan fingerprint density at radius 1 is 1.25 bits per heavy atom. The lowest BCUT2D eigenvalue weighted by Crippen LogP contribution is -2.13. The second-order valence-electron chi connectivity index (χ2n) is 3.31.